The molecule has 0 saturated carbocycles. The average Bonchev–Trinajstić information content (AvgIpc) is 3.14. The Morgan fingerprint density at radius 1 is 1.31 bits per heavy atom. The lowest BCUT2D eigenvalue weighted by Crippen LogP contribution is -2.48. The van der Waals surface area contributed by atoms with Crippen molar-refractivity contribution in [2.45, 2.75) is 39.3 Å². The topological polar surface area (TPSA) is 96.6 Å². The van der Waals surface area contributed by atoms with Crippen LogP contribution in [-0.4, -0.2) is 59.1 Å². The summed E-state index contributed by atoms with van der Waals surface area (Å²) >= 11 is 5.90. The Kier molecular flexibility index (Phi) is 6.60. The van der Waals surface area contributed by atoms with Gasteiger partial charge in [0.25, 0.3) is 0 Å². The van der Waals surface area contributed by atoms with Crippen LogP contribution in [-0.2, 0) is 21.4 Å². The molecule has 0 spiro atoms. The predicted molar refractivity (Wildman–Crippen MR) is 110 cm³/mol. The van der Waals surface area contributed by atoms with Crippen molar-refractivity contribution in [2.24, 2.45) is 5.92 Å². The van der Waals surface area contributed by atoms with E-state index in [-0.39, 0.29) is 31.0 Å². The molecule has 10 heteroatoms. The lowest BCUT2D eigenvalue weighted by atomic mass is 9.97. The summed E-state index contributed by atoms with van der Waals surface area (Å²) in [6, 6.07) is 6.95. The first kappa shape index (κ1) is 21.7. The highest BCUT2D eigenvalue weighted by atomic mass is 35.5. The maximum Gasteiger partial charge on any atom is 0.247 e. The summed E-state index contributed by atoms with van der Waals surface area (Å²) in [5.74, 6) is 0.209. The zero-order valence-electron chi connectivity index (χ0n) is 16.7. The van der Waals surface area contributed by atoms with Crippen molar-refractivity contribution in [1.82, 2.24) is 19.4 Å². The van der Waals surface area contributed by atoms with E-state index in [1.54, 1.807) is 29.2 Å². The number of sulfonamides is 1. The van der Waals surface area contributed by atoms with Gasteiger partial charge in [-0.1, -0.05) is 11.6 Å². The molecule has 3 rings (SSSR count). The number of hydrogen-bond acceptors (Lipinski definition) is 6. The summed E-state index contributed by atoms with van der Waals surface area (Å²) < 4.78 is 30.8. The fraction of sp³-hybridized carbons (Fsp3) is 0.526. The molecule has 1 aliphatic rings. The Morgan fingerprint density at radius 2 is 2.00 bits per heavy atom. The van der Waals surface area contributed by atoms with Crippen molar-refractivity contribution in [2.75, 3.05) is 19.3 Å². The van der Waals surface area contributed by atoms with Crippen LogP contribution in [0.1, 0.15) is 32.6 Å². The van der Waals surface area contributed by atoms with Gasteiger partial charge in [-0.05, 0) is 51.0 Å². The minimum atomic E-state index is -3.32. The van der Waals surface area contributed by atoms with Gasteiger partial charge in [0.2, 0.25) is 27.7 Å². The Morgan fingerprint density at radius 3 is 2.62 bits per heavy atom. The van der Waals surface area contributed by atoms with Gasteiger partial charge in [0, 0.05) is 29.7 Å². The molecule has 1 saturated heterocycles. The second-order valence-corrected chi connectivity index (χ2v) is 9.95. The summed E-state index contributed by atoms with van der Waals surface area (Å²) in [5, 5.41) is 8.74. The second-order valence-electron chi connectivity index (χ2n) is 7.53. The molecule has 1 atom stereocenters. The van der Waals surface area contributed by atoms with Crippen LogP contribution in [0, 0.1) is 5.92 Å². The number of carbonyl (C=O) groups is 1. The van der Waals surface area contributed by atoms with Crippen LogP contribution in [0.2, 0.25) is 5.02 Å². The van der Waals surface area contributed by atoms with Gasteiger partial charge in [-0.3, -0.25) is 4.79 Å². The molecule has 0 N–H and O–H groups in total. The number of aromatic nitrogens is 2. The summed E-state index contributed by atoms with van der Waals surface area (Å²) in [5.41, 5.74) is 0.742. The molecule has 158 valence electrons. The van der Waals surface area contributed by atoms with Crippen LogP contribution in [0.5, 0.6) is 0 Å². The maximum atomic E-state index is 13.1. The average molecular weight is 441 g/mol. The van der Waals surface area contributed by atoms with Crippen molar-refractivity contribution in [3.63, 3.8) is 0 Å². The Balaban J connectivity index is 1.73. The smallest absolute Gasteiger partial charge is 0.247 e. The molecular weight excluding hydrogens is 416 g/mol. The standard InChI is InChI=1S/C19H25ClN4O4S/c1-13(2)24(19(25)15-5-4-10-23(11-15)29(3,26)27)12-17-21-22-18(28-17)14-6-8-16(20)9-7-14/h6-9,13,15H,4-5,10-12H2,1-3H3. The summed E-state index contributed by atoms with van der Waals surface area (Å²) in [6.07, 6.45) is 2.50. The van der Waals surface area contributed by atoms with E-state index >= 15 is 0 Å². The fourth-order valence-electron chi connectivity index (χ4n) is 3.37. The van der Waals surface area contributed by atoms with Crippen LogP contribution < -0.4 is 0 Å². The molecule has 8 nitrogen and oxygen atoms in total. The first-order chi connectivity index (χ1) is 13.6. The maximum absolute atomic E-state index is 13.1. The van der Waals surface area contributed by atoms with Gasteiger partial charge in [-0.15, -0.1) is 10.2 Å². The quantitative estimate of drug-likeness (QED) is 0.685. The highest BCUT2D eigenvalue weighted by molar-refractivity contribution is 7.88. The zero-order chi connectivity index (χ0) is 21.2. The lowest BCUT2D eigenvalue weighted by molar-refractivity contribution is -0.139. The molecule has 1 aliphatic heterocycles. The van der Waals surface area contributed by atoms with Crippen molar-refractivity contribution in [3.8, 4) is 11.5 Å². The molecule has 1 aromatic carbocycles. The molecule has 1 aromatic heterocycles. The first-order valence-corrected chi connectivity index (χ1v) is 11.7. The van der Waals surface area contributed by atoms with Crippen LogP contribution in [0.3, 0.4) is 0 Å². The minimum Gasteiger partial charge on any atom is -0.419 e. The van der Waals surface area contributed by atoms with Gasteiger partial charge in [0.15, 0.2) is 0 Å². The zero-order valence-corrected chi connectivity index (χ0v) is 18.3. The van der Waals surface area contributed by atoms with Gasteiger partial charge in [-0.25, -0.2) is 12.7 Å². The minimum absolute atomic E-state index is 0.0954. The second kappa shape index (κ2) is 8.81. The molecule has 1 unspecified atom stereocenters. The van der Waals surface area contributed by atoms with Gasteiger partial charge < -0.3 is 9.32 Å². The Bertz CT molecular complexity index is 959. The van der Waals surface area contributed by atoms with Gasteiger partial charge in [0.05, 0.1) is 18.7 Å². The molecule has 1 fully saturated rings. The molecule has 2 heterocycles. The molecule has 0 bridgehead atoms. The molecular formula is C19H25ClN4O4S. The van der Waals surface area contributed by atoms with Crippen LogP contribution >= 0.6 is 11.6 Å². The van der Waals surface area contributed by atoms with Crippen molar-refractivity contribution < 1.29 is 17.6 Å². The Hall–Kier alpha value is -1.97. The van der Waals surface area contributed by atoms with Crippen LogP contribution in [0.4, 0.5) is 0 Å². The molecule has 2 aromatic rings. The van der Waals surface area contributed by atoms with E-state index in [9.17, 15) is 13.2 Å². The Labute approximate surface area is 175 Å². The fourth-order valence-corrected chi connectivity index (χ4v) is 4.40. The lowest BCUT2D eigenvalue weighted by Gasteiger charge is -2.34. The third kappa shape index (κ3) is 5.34. The van der Waals surface area contributed by atoms with E-state index in [4.69, 9.17) is 16.0 Å². The third-order valence-corrected chi connectivity index (χ3v) is 6.49. The molecule has 29 heavy (non-hydrogen) atoms. The predicted octanol–water partition coefficient (Wildman–Crippen LogP) is 2.80. The van der Waals surface area contributed by atoms with E-state index in [0.717, 1.165) is 5.56 Å². The van der Waals surface area contributed by atoms with Crippen LogP contribution in [0.15, 0.2) is 28.7 Å². The number of carbonyl (C=O) groups excluding carboxylic acids is 1. The van der Waals surface area contributed by atoms with Gasteiger partial charge in [0.1, 0.15) is 0 Å². The normalized spacial score (nSPS) is 18.2. The highest BCUT2D eigenvalue weighted by Gasteiger charge is 2.34. The van der Waals surface area contributed by atoms with E-state index in [0.29, 0.717) is 36.2 Å². The number of rotatable bonds is 6. The van der Waals surface area contributed by atoms with Crippen molar-refractivity contribution in [3.05, 3.63) is 35.2 Å². The monoisotopic (exact) mass is 440 g/mol. The van der Waals surface area contributed by atoms with E-state index < -0.39 is 10.0 Å². The molecule has 1 amide bonds. The van der Waals surface area contributed by atoms with Gasteiger partial charge >= 0.3 is 0 Å². The van der Waals surface area contributed by atoms with Crippen LogP contribution in [0.25, 0.3) is 11.5 Å². The number of nitrogens with zero attached hydrogens (tertiary/aromatic N) is 4. The van der Waals surface area contributed by atoms with E-state index in [1.165, 1.54) is 10.6 Å². The number of halogens is 1. The van der Waals surface area contributed by atoms with E-state index in [1.807, 2.05) is 13.8 Å². The number of amides is 1. The number of piperidine rings is 1. The first-order valence-electron chi connectivity index (χ1n) is 9.49. The SMILES string of the molecule is CC(C)N(Cc1nnc(-c2ccc(Cl)cc2)o1)C(=O)C1CCCN(S(C)(=O)=O)C1. The number of hydrogen-bond donors (Lipinski definition) is 0. The van der Waals surface area contributed by atoms with Gasteiger partial charge in [-0.2, -0.15) is 0 Å². The highest BCUT2D eigenvalue weighted by Crippen LogP contribution is 2.24. The van der Waals surface area contributed by atoms with Crippen molar-refractivity contribution in [1.29, 1.82) is 0 Å². The molecule has 0 radical (unpaired) electrons. The molecule has 0 aliphatic carbocycles. The third-order valence-electron chi connectivity index (χ3n) is 4.97. The van der Waals surface area contributed by atoms with Crippen molar-refractivity contribution >= 4 is 27.5 Å². The summed E-state index contributed by atoms with van der Waals surface area (Å²) in [6.45, 7) is 4.66. The number of benzene rings is 1. The summed E-state index contributed by atoms with van der Waals surface area (Å²) in [7, 11) is -3.32. The van der Waals surface area contributed by atoms with E-state index in [2.05, 4.69) is 10.2 Å². The summed E-state index contributed by atoms with van der Waals surface area (Å²) in [4.78, 5) is 14.8. The largest absolute Gasteiger partial charge is 0.419 e.